The molecule has 68 valence electrons. The molecule has 0 unspecified atom stereocenters. The fourth-order valence-electron chi connectivity index (χ4n) is 1.73. The van der Waals surface area contributed by atoms with Gasteiger partial charge < -0.3 is 4.57 Å². The molecule has 2 rings (SSSR count). The summed E-state index contributed by atoms with van der Waals surface area (Å²) in [5.74, 6) is -0.173. The van der Waals surface area contributed by atoms with Gasteiger partial charge in [-0.15, -0.1) is 0 Å². The maximum absolute atomic E-state index is 12.9. The van der Waals surface area contributed by atoms with Crippen molar-refractivity contribution >= 4 is 10.9 Å². The van der Waals surface area contributed by atoms with Gasteiger partial charge in [-0.25, -0.2) is 4.39 Å². The summed E-state index contributed by atoms with van der Waals surface area (Å²) in [5, 5.41) is 1.14. The van der Waals surface area contributed by atoms with Crippen LogP contribution in [-0.2, 0) is 7.05 Å². The Labute approximate surface area is 76.8 Å². The lowest BCUT2D eigenvalue weighted by atomic mass is 10.1. The normalized spacial score (nSPS) is 11.1. The number of benzene rings is 1. The van der Waals surface area contributed by atoms with Crippen molar-refractivity contribution in [3.05, 3.63) is 35.3 Å². The lowest BCUT2D eigenvalue weighted by Gasteiger charge is -1.97. The Kier molecular flexibility index (Phi) is 1.65. The fourth-order valence-corrected chi connectivity index (χ4v) is 1.73. The summed E-state index contributed by atoms with van der Waals surface area (Å²) in [4.78, 5) is 0. The first-order valence-corrected chi connectivity index (χ1v) is 4.32. The molecule has 0 fully saturated rings. The molecular weight excluding hydrogens is 165 g/mol. The molecule has 0 aliphatic carbocycles. The average Bonchev–Trinajstić information content (AvgIpc) is 2.32. The summed E-state index contributed by atoms with van der Waals surface area (Å²) in [5.41, 5.74) is 3.40. The first kappa shape index (κ1) is 8.30. The van der Waals surface area contributed by atoms with Crippen molar-refractivity contribution in [3.8, 4) is 0 Å². The van der Waals surface area contributed by atoms with Gasteiger partial charge in [0.1, 0.15) is 5.82 Å². The van der Waals surface area contributed by atoms with Gasteiger partial charge in [-0.2, -0.15) is 0 Å². The number of aromatic nitrogens is 1. The molecule has 0 aliphatic heterocycles. The third kappa shape index (κ3) is 1.05. The molecule has 0 spiro atoms. The highest BCUT2D eigenvalue weighted by molar-refractivity contribution is 5.85. The van der Waals surface area contributed by atoms with Crippen molar-refractivity contribution in [1.82, 2.24) is 4.57 Å². The van der Waals surface area contributed by atoms with E-state index in [0.29, 0.717) is 0 Å². The van der Waals surface area contributed by atoms with E-state index in [1.807, 2.05) is 24.6 Å². The largest absolute Gasteiger partial charge is 0.348 e. The third-order valence-electron chi connectivity index (χ3n) is 2.77. The smallest absolute Gasteiger partial charge is 0.125 e. The topological polar surface area (TPSA) is 4.93 Å². The minimum absolute atomic E-state index is 0.173. The monoisotopic (exact) mass is 177 g/mol. The molecule has 1 heterocycles. The lowest BCUT2D eigenvalue weighted by molar-refractivity contribution is 0.629. The Bertz CT molecular complexity index is 468. The highest BCUT2D eigenvalue weighted by Crippen LogP contribution is 2.24. The summed E-state index contributed by atoms with van der Waals surface area (Å²) in [7, 11) is 1.96. The van der Waals surface area contributed by atoms with Gasteiger partial charge in [-0.05, 0) is 37.6 Å². The molecule has 0 amide bonds. The maximum Gasteiger partial charge on any atom is 0.125 e. The van der Waals surface area contributed by atoms with E-state index in [1.165, 1.54) is 17.3 Å². The number of halogens is 1. The fraction of sp³-hybridized carbons (Fsp3) is 0.273. The maximum atomic E-state index is 12.9. The number of rotatable bonds is 0. The van der Waals surface area contributed by atoms with E-state index in [4.69, 9.17) is 0 Å². The van der Waals surface area contributed by atoms with Crippen LogP contribution in [0.3, 0.4) is 0 Å². The second-order valence-corrected chi connectivity index (χ2v) is 3.43. The summed E-state index contributed by atoms with van der Waals surface area (Å²) in [6, 6.07) is 4.93. The number of hydrogen-bond acceptors (Lipinski definition) is 0. The third-order valence-corrected chi connectivity index (χ3v) is 2.77. The van der Waals surface area contributed by atoms with Gasteiger partial charge in [-0.3, -0.25) is 0 Å². The van der Waals surface area contributed by atoms with Crippen LogP contribution < -0.4 is 0 Å². The number of hydrogen-bond donors (Lipinski definition) is 0. The van der Waals surface area contributed by atoms with Crippen molar-refractivity contribution in [2.45, 2.75) is 13.8 Å². The number of fused-ring (bicyclic) bond motifs is 1. The van der Waals surface area contributed by atoms with Crippen LogP contribution in [0.15, 0.2) is 18.2 Å². The molecular formula is C11H12FN. The van der Waals surface area contributed by atoms with Crippen molar-refractivity contribution in [2.75, 3.05) is 0 Å². The Morgan fingerprint density at radius 1 is 1.23 bits per heavy atom. The molecule has 0 atom stereocenters. The molecule has 2 heteroatoms. The molecule has 0 saturated carbocycles. The van der Waals surface area contributed by atoms with Crippen LogP contribution in [0, 0.1) is 19.7 Å². The molecule has 0 aliphatic rings. The molecule has 13 heavy (non-hydrogen) atoms. The number of nitrogens with zero attached hydrogens (tertiary/aromatic N) is 1. The molecule has 0 saturated heterocycles. The van der Waals surface area contributed by atoms with Crippen LogP contribution in [0.5, 0.6) is 0 Å². The molecule has 1 nitrogen and oxygen atoms in total. The molecule has 0 N–H and O–H groups in total. The first-order chi connectivity index (χ1) is 6.11. The molecule has 1 aromatic heterocycles. The molecule has 2 aromatic rings. The van der Waals surface area contributed by atoms with Gasteiger partial charge in [0, 0.05) is 18.1 Å². The Hall–Kier alpha value is -1.31. The van der Waals surface area contributed by atoms with Crippen molar-refractivity contribution < 1.29 is 4.39 Å². The summed E-state index contributed by atoms with van der Waals surface area (Å²) in [6.45, 7) is 4.11. The number of aryl methyl sites for hydroxylation is 2. The minimum Gasteiger partial charge on any atom is -0.348 e. The molecule has 0 bridgehead atoms. The second kappa shape index (κ2) is 2.59. The highest BCUT2D eigenvalue weighted by Gasteiger charge is 2.07. The summed E-state index contributed by atoms with van der Waals surface area (Å²) >= 11 is 0. The van der Waals surface area contributed by atoms with Gasteiger partial charge in [0.25, 0.3) is 0 Å². The predicted molar refractivity (Wildman–Crippen MR) is 52.4 cm³/mol. The lowest BCUT2D eigenvalue weighted by Crippen LogP contribution is -1.90. The average molecular weight is 177 g/mol. The van der Waals surface area contributed by atoms with E-state index in [9.17, 15) is 4.39 Å². The second-order valence-electron chi connectivity index (χ2n) is 3.43. The minimum atomic E-state index is -0.173. The van der Waals surface area contributed by atoms with Crippen LogP contribution >= 0.6 is 0 Å². The Morgan fingerprint density at radius 2 is 1.92 bits per heavy atom. The van der Waals surface area contributed by atoms with E-state index in [-0.39, 0.29) is 5.82 Å². The van der Waals surface area contributed by atoms with Crippen LogP contribution in [0.2, 0.25) is 0 Å². The first-order valence-electron chi connectivity index (χ1n) is 4.32. The molecule has 1 aromatic carbocycles. The van der Waals surface area contributed by atoms with Gasteiger partial charge in [0.2, 0.25) is 0 Å². The highest BCUT2D eigenvalue weighted by atomic mass is 19.1. The van der Waals surface area contributed by atoms with Gasteiger partial charge >= 0.3 is 0 Å². The van der Waals surface area contributed by atoms with E-state index >= 15 is 0 Å². The Morgan fingerprint density at radius 3 is 2.62 bits per heavy atom. The zero-order valence-electron chi connectivity index (χ0n) is 8.06. The van der Waals surface area contributed by atoms with E-state index in [1.54, 1.807) is 6.07 Å². The van der Waals surface area contributed by atoms with Crippen LogP contribution in [0.25, 0.3) is 10.9 Å². The van der Waals surface area contributed by atoms with Crippen molar-refractivity contribution in [1.29, 1.82) is 0 Å². The van der Waals surface area contributed by atoms with Crippen LogP contribution in [-0.4, -0.2) is 4.57 Å². The van der Waals surface area contributed by atoms with Gasteiger partial charge in [0.15, 0.2) is 0 Å². The SMILES string of the molecule is Cc1c(C)n(C)c2cc(F)ccc12. The summed E-state index contributed by atoms with van der Waals surface area (Å²) in [6.07, 6.45) is 0. The van der Waals surface area contributed by atoms with E-state index in [2.05, 4.69) is 6.92 Å². The summed E-state index contributed by atoms with van der Waals surface area (Å²) < 4.78 is 15.0. The quantitative estimate of drug-likeness (QED) is 0.583. The Balaban J connectivity index is 2.95. The van der Waals surface area contributed by atoms with Gasteiger partial charge in [-0.1, -0.05) is 0 Å². The van der Waals surface area contributed by atoms with E-state index < -0.39 is 0 Å². The zero-order valence-corrected chi connectivity index (χ0v) is 8.06. The standard InChI is InChI=1S/C11H12FN/c1-7-8(2)13(3)11-6-9(12)4-5-10(7)11/h4-6H,1-3H3. The molecule has 0 radical (unpaired) electrons. The van der Waals surface area contributed by atoms with E-state index in [0.717, 1.165) is 10.9 Å². The van der Waals surface area contributed by atoms with Crippen LogP contribution in [0.4, 0.5) is 4.39 Å². The van der Waals surface area contributed by atoms with Crippen LogP contribution in [0.1, 0.15) is 11.3 Å². The zero-order chi connectivity index (χ0) is 9.59. The predicted octanol–water partition coefficient (Wildman–Crippen LogP) is 2.93. The van der Waals surface area contributed by atoms with Crippen molar-refractivity contribution in [2.24, 2.45) is 7.05 Å². The van der Waals surface area contributed by atoms with Crippen molar-refractivity contribution in [3.63, 3.8) is 0 Å². The van der Waals surface area contributed by atoms with Gasteiger partial charge in [0.05, 0.1) is 5.52 Å².